The van der Waals surface area contributed by atoms with Crippen LogP contribution in [0.3, 0.4) is 0 Å². The summed E-state index contributed by atoms with van der Waals surface area (Å²) < 4.78 is 6.48. The maximum absolute atomic E-state index is 12.3. The SMILES string of the molecule is O=C(COc1ccc(Br)cc1Cl)NC1C2CC3CC(C2)CC1C3. The normalized spacial score (nSPS) is 34.4. The standard InChI is InChI=1S/C18H21BrClNO2/c19-14-1-2-16(15(20)8-14)23-9-17(22)21-18-12-4-10-3-11(6-12)7-13(18)5-10/h1-2,8,10-13,18H,3-7,9H2,(H,21,22). The second kappa shape index (κ2) is 6.29. The zero-order chi connectivity index (χ0) is 16.0. The van der Waals surface area contributed by atoms with Crippen molar-refractivity contribution < 1.29 is 9.53 Å². The Kier molecular flexibility index (Phi) is 4.31. The van der Waals surface area contributed by atoms with E-state index in [1.54, 1.807) is 12.1 Å². The summed E-state index contributed by atoms with van der Waals surface area (Å²) in [6, 6.07) is 5.77. The first-order valence-corrected chi connectivity index (χ1v) is 9.63. The summed E-state index contributed by atoms with van der Waals surface area (Å²) in [7, 11) is 0. The average molecular weight is 399 g/mol. The first-order chi connectivity index (χ1) is 11.1. The zero-order valence-corrected chi connectivity index (χ0v) is 15.3. The Balaban J connectivity index is 1.33. The highest BCUT2D eigenvalue weighted by molar-refractivity contribution is 9.10. The van der Waals surface area contributed by atoms with Gasteiger partial charge in [-0.2, -0.15) is 0 Å². The van der Waals surface area contributed by atoms with Crippen LogP contribution in [0, 0.1) is 23.7 Å². The van der Waals surface area contributed by atoms with E-state index in [-0.39, 0.29) is 12.5 Å². The van der Waals surface area contributed by atoms with Gasteiger partial charge in [-0.15, -0.1) is 0 Å². The molecular formula is C18H21BrClNO2. The molecule has 5 rings (SSSR count). The van der Waals surface area contributed by atoms with Crippen molar-refractivity contribution in [2.75, 3.05) is 6.61 Å². The number of ether oxygens (including phenoxy) is 1. The second-order valence-electron chi connectivity index (χ2n) is 7.39. The molecule has 4 aliphatic rings. The van der Waals surface area contributed by atoms with Gasteiger partial charge in [0.05, 0.1) is 5.02 Å². The van der Waals surface area contributed by atoms with Gasteiger partial charge in [0.15, 0.2) is 6.61 Å². The Hall–Kier alpha value is -0.740. The number of benzene rings is 1. The molecule has 1 aromatic rings. The third-order valence-corrected chi connectivity index (χ3v) is 6.60. The molecule has 0 spiro atoms. The summed E-state index contributed by atoms with van der Waals surface area (Å²) in [5, 5.41) is 3.76. The molecule has 5 heteroatoms. The van der Waals surface area contributed by atoms with Crippen LogP contribution in [-0.4, -0.2) is 18.6 Å². The van der Waals surface area contributed by atoms with Gasteiger partial charge in [-0.1, -0.05) is 27.5 Å². The van der Waals surface area contributed by atoms with Crippen molar-refractivity contribution in [3.8, 4) is 5.75 Å². The van der Waals surface area contributed by atoms with Gasteiger partial charge in [-0.25, -0.2) is 0 Å². The first-order valence-electron chi connectivity index (χ1n) is 8.45. The molecule has 1 aromatic carbocycles. The molecular weight excluding hydrogens is 378 g/mol. The summed E-state index contributed by atoms with van der Waals surface area (Å²) in [4.78, 5) is 12.3. The zero-order valence-electron chi connectivity index (χ0n) is 12.9. The van der Waals surface area contributed by atoms with E-state index in [1.165, 1.54) is 32.1 Å². The Labute approximate surface area is 150 Å². The lowest BCUT2D eigenvalue weighted by Crippen LogP contribution is -2.56. The van der Waals surface area contributed by atoms with E-state index in [4.69, 9.17) is 16.3 Å². The minimum Gasteiger partial charge on any atom is -0.482 e. The van der Waals surface area contributed by atoms with Gasteiger partial charge >= 0.3 is 0 Å². The van der Waals surface area contributed by atoms with Crippen LogP contribution in [-0.2, 0) is 4.79 Å². The largest absolute Gasteiger partial charge is 0.482 e. The highest BCUT2D eigenvalue weighted by atomic mass is 79.9. The van der Waals surface area contributed by atoms with Gasteiger partial charge in [0.25, 0.3) is 5.91 Å². The quantitative estimate of drug-likeness (QED) is 0.815. The third kappa shape index (κ3) is 3.25. The molecule has 4 saturated carbocycles. The molecule has 4 fully saturated rings. The molecule has 0 radical (unpaired) electrons. The van der Waals surface area contributed by atoms with Crippen LogP contribution >= 0.6 is 27.5 Å². The minimum atomic E-state index is -0.0264. The Bertz CT molecular complexity index is 593. The highest BCUT2D eigenvalue weighted by Crippen LogP contribution is 2.53. The number of amides is 1. The van der Waals surface area contributed by atoms with Gasteiger partial charge < -0.3 is 10.1 Å². The molecule has 0 atom stereocenters. The molecule has 0 aromatic heterocycles. The molecule has 4 bridgehead atoms. The van der Waals surface area contributed by atoms with Crippen LogP contribution in [0.1, 0.15) is 32.1 Å². The minimum absolute atomic E-state index is 0.0264. The molecule has 0 unspecified atom stereocenters. The van der Waals surface area contributed by atoms with Crippen molar-refractivity contribution >= 4 is 33.4 Å². The number of hydrogen-bond donors (Lipinski definition) is 1. The van der Waals surface area contributed by atoms with Crippen LogP contribution in [0.25, 0.3) is 0 Å². The van der Waals surface area contributed by atoms with Crippen LogP contribution in [0.2, 0.25) is 5.02 Å². The fourth-order valence-electron chi connectivity index (χ4n) is 5.12. The first kappa shape index (κ1) is 15.8. The summed E-state index contributed by atoms with van der Waals surface area (Å²) in [5.41, 5.74) is 0. The molecule has 23 heavy (non-hydrogen) atoms. The second-order valence-corrected chi connectivity index (χ2v) is 8.71. The van der Waals surface area contributed by atoms with Crippen molar-refractivity contribution in [1.29, 1.82) is 0 Å². The van der Waals surface area contributed by atoms with E-state index >= 15 is 0 Å². The summed E-state index contributed by atoms with van der Waals surface area (Å²) >= 11 is 9.48. The number of carbonyl (C=O) groups excluding carboxylic acids is 1. The number of hydrogen-bond acceptors (Lipinski definition) is 2. The van der Waals surface area contributed by atoms with Crippen LogP contribution in [0.15, 0.2) is 22.7 Å². The van der Waals surface area contributed by atoms with Crippen LogP contribution < -0.4 is 10.1 Å². The molecule has 0 saturated heterocycles. The molecule has 1 amide bonds. The van der Waals surface area contributed by atoms with Gasteiger partial charge in [0.2, 0.25) is 0 Å². The summed E-state index contributed by atoms with van der Waals surface area (Å²) in [6.45, 7) is 0.0319. The number of halogens is 2. The monoisotopic (exact) mass is 397 g/mol. The average Bonchev–Trinajstić information content (AvgIpc) is 2.49. The van der Waals surface area contributed by atoms with Crippen molar-refractivity contribution in [1.82, 2.24) is 5.32 Å². The fraction of sp³-hybridized carbons (Fsp3) is 0.611. The van der Waals surface area contributed by atoms with E-state index < -0.39 is 0 Å². The Morgan fingerprint density at radius 3 is 2.43 bits per heavy atom. The lowest BCUT2D eigenvalue weighted by molar-refractivity contribution is -0.127. The van der Waals surface area contributed by atoms with Crippen molar-refractivity contribution in [2.45, 2.75) is 38.1 Å². The third-order valence-electron chi connectivity index (χ3n) is 5.81. The van der Waals surface area contributed by atoms with Crippen molar-refractivity contribution in [2.24, 2.45) is 23.7 Å². The molecule has 124 valence electrons. The molecule has 4 aliphatic carbocycles. The fourth-order valence-corrected chi connectivity index (χ4v) is 5.85. The number of nitrogens with one attached hydrogen (secondary N) is 1. The van der Waals surface area contributed by atoms with E-state index in [2.05, 4.69) is 21.2 Å². The summed E-state index contributed by atoms with van der Waals surface area (Å²) in [5.74, 6) is 3.74. The van der Waals surface area contributed by atoms with Gasteiger partial charge in [0.1, 0.15) is 5.75 Å². The topological polar surface area (TPSA) is 38.3 Å². The van der Waals surface area contributed by atoms with Crippen molar-refractivity contribution in [3.05, 3.63) is 27.7 Å². The van der Waals surface area contributed by atoms with Crippen LogP contribution in [0.5, 0.6) is 5.75 Å². The van der Waals surface area contributed by atoms with E-state index in [9.17, 15) is 4.79 Å². The van der Waals surface area contributed by atoms with E-state index in [1.807, 2.05) is 6.07 Å². The lowest BCUT2D eigenvalue weighted by atomic mass is 9.54. The molecule has 0 aliphatic heterocycles. The maximum Gasteiger partial charge on any atom is 0.258 e. The number of carbonyl (C=O) groups is 1. The Morgan fingerprint density at radius 1 is 1.17 bits per heavy atom. The molecule has 0 heterocycles. The highest BCUT2D eigenvalue weighted by Gasteiger charge is 2.48. The Morgan fingerprint density at radius 2 is 1.83 bits per heavy atom. The van der Waals surface area contributed by atoms with Gasteiger partial charge in [-0.3, -0.25) is 4.79 Å². The van der Waals surface area contributed by atoms with Crippen LogP contribution in [0.4, 0.5) is 0 Å². The van der Waals surface area contributed by atoms with E-state index in [0.717, 1.165) is 16.3 Å². The lowest BCUT2D eigenvalue weighted by Gasteiger charge is -2.54. The molecule has 3 nitrogen and oxygen atoms in total. The van der Waals surface area contributed by atoms with Gasteiger partial charge in [-0.05, 0) is 74.0 Å². The van der Waals surface area contributed by atoms with E-state index in [0.29, 0.717) is 28.6 Å². The van der Waals surface area contributed by atoms with Crippen molar-refractivity contribution in [3.63, 3.8) is 0 Å². The smallest absolute Gasteiger partial charge is 0.258 e. The van der Waals surface area contributed by atoms with Gasteiger partial charge in [0, 0.05) is 10.5 Å². The maximum atomic E-state index is 12.3. The predicted molar refractivity (Wildman–Crippen MR) is 93.6 cm³/mol. The number of rotatable bonds is 4. The molecule has 1 N–H and O–H groups in total. The predicted octanol–water partition coefficient (Wildman–Crippen LogP) is 4.42. The summed E-state index contributed by atoms with van der Waals surface area (Å²) in [6.07, 6.45) is 6.64.